The van der Waals surface area contributed by atoms with Crippen LogP contribution in [0.25, 0.3) is 0 Å². The maximum Gasteiger partial charge on any atom is 0.271 e. The average Bonchev–Trinajstić information content (AvgIpc) is 3.08. The van der Waals surface area contributed by atoms with Crippen molar-refractivity contribution in [3.63, 3.8) is 0 Å². The molecule has 2 N–H and O–H groups in total. The second kappa shape index (κ2) is 7.98. The molecule has 0 bridgehead atoms. The van der Waals surface area contributed by atoms with Crippen LogP contribution in [0.5, 0.6) is 0 Å². The summed E-state index contributed by atoms with van der Waals surface area (Å²) in [6, 6.07) is 13.3. The van der Waals surface area contributed by atoms with E-state index < -0.39 is 10.0 Å². The summed E-state index contributed by atoms with van der Waals surface area (Å²) < 4.78 is 28.4. The summed E-state index contributed by atoms with van der Waals surface area (Å²) in [7, 11) is -3.77. The maximum absolute atomic E-state index is 12.5. The molecule has 0 aliphatic rings. The van der Waals surface area contributed by atoms with Gasteiger partial charge in [0.15, 0.2) is 0 Å². The molecule has 0 saturated heterocycles. The lowest BCUT2D eigenvalue weighted by Crippen LogP contribution is -2.24. The van der Waals surface area contributed by atoms with Crippen LogP contribution in [0.2, 0.25) is 0 Å². The highest BCUT2D eigenvalue weighted by molar-refractivity contribution is 9.11. The number of thiophene rings is 1. The van der Waals surface area contributed by atoms with Gasteiger partial charge in [0.25, 0.3) is 15.9 Å². The zero-order valence-electron chi connectivity index (χ0n) is 13.3. The standard InChI is InChI=1S/C17H14BrN3O3S2/c18-15-7-8-16(25-15)26(23,24)21-14-6-2-1-5-13(14)17(22)20-11-12-4-3-9-19-10-12/h1-10,21H,11H2,(H,20,22). The molecule has 0 saturated carbocycles. The minimum Gasteiger partial charge on any atom is -0.348 e. The highest BCUT2D eigenvalue weighted by atomic mass is 79.9. The van der Waals surface area contributed by atoms with Gasteiger partial charge in [-0.1, -0.05) is 18.2 Å². The van der Waals surface area contributed by atoms with Crippen LogP contribution in [-0.2, 0) is 16.6 Å². The number of benzene rings is 1. The Labute approximate surface area is 163 Å². The van der Waals surface area contributed by atoms with E-state index in [1.807, 2.05) is 6.07 Å². The Morgan fingerprint density at radius 3 is 2.62 bits per heavy atom. The van der Waals surface area contributed by atoms with Gasteiger partial charge in [-0.3, -0.25) is 14.5 Å². The van der Waals surface area contributed by atoms with Crippen LogP contribution in [-0.4, -0.2) is 19.3 Å². The quantitative estimate of drug-likeness (QED) is 0.598. The summed E-state index contributed by atoms with van der Waals surface area (Å²) in [5.74, 6) is -0.375. The van der Waals surface area contributed by atoms with Crippen LogP contribution in [0.15, 0.2) is 68.9 Å². The minimum atomic E-state index is -3.77. The lowest BCUT2D eigenvalue weighted by molar-refractivity contribution is 0.0952. The van der Waals surface area contributed by atoms with Crippen LogP contribution in [0.1, 0.15) is 15.9 Å². The van der Waals surface area contributed by atoms with Crippen molar-refractivity contribution in [3.8, 4) is 0 Å². The van der Waals surface area contributed by atoms with Crippen molar-refractivity contribution in [2.75, 3.05) is 4.72 Å². The Balaban J connectivity index is 1.78. The topological polar surface area (TPSA) is 88.2 Å². The van der Waals surface area contributed by atoms with E-state index in [0.29, 0.717) is 10.3 Å². The molecule has 6 nitrogen and oxygen atoms in total. The first kappa shape index (κ1) is 18.6. The summed E-state index contributed by atoms with van der Waals surface area (Å²) in [6.45, 7) is 0.297. The van der Waals surface area contributed by atoms with Crippen LogP contribution >= 0.6 is 27.3 Å². The number of anilines is 1. The van der Waals surface area contributed by atoms with Crippen LogP contribution in [0.3, 0.4) is 0 Å². The van der Waals surface area contributed by atoms with Gasteiger partial charge in [-0.15, -0.1) is 11.3 Å². The Morgan fingerprint density at radius 2 is 1.92 bits per heavy atom. The molecule has 2 heterocycles. The summed E-state index contributed by atoms with van der Waals surface area (Å²) in [6.07, 6.45) is 3.31. The van der Waals surface area contributed by atoms with Gasteiger partial charge in [0.05, 0.1) is 15.0 Å². The number of rotatable bonds is 6. The molecule has 1 amide bonds. The molecule has 0 aliphatic heterocycles. The number of nitrogens with zero attached hydrogens (tertiary/aromatic N) is 1. The van der Waals surface area contributed by atoms with Gasteiger partial charge in [-0.05, 0) is 51.8 Å². The van der Waals surface area contributed by atoms with Crippen molar-refractivity contribution in [2.24, 2.45) is 0 Å². The van der Waals surface area contributed by atoms with E-state index in [2.05, 4.69) is 31.0 Å². The fourth-order valence-electron chi connectivity index (χ4n) is 2.19. The van der Waals surface area contributed by atoms with Crippen molar-refractivity contribution in [3.05, 3.63) is 75.8 Å². The Kier molecular flexibility index (Phi) is 5.70. The number of aromatic nitrogens is 1. The molecule has 26 heavy (non-hydrogen) atoms. The van der Waals surface area contributed by atoms with Gasteiger partial charge in [0, 0.05) is 18.9 Å². The lowest BCUT2D eigenvalue weighted by atomic mass is 10.1. The number of hydrogen-bond donors (Lipinski definition) is 2. The Hall–Kier alpha value is -2.23. The highest BCUT2D eigenvalue weighted by Gasteiger charge is 2.20. The van der Waals surface area contributed by atoms with Crippen molar-refractivity contribution < 1.29 is 13.2 Å². The number of halogens is 1. The molecular weight excluding hydrogens is 438 g/mol. The van der Waals surface area contributed by atoms with Gasteiger partial charge in [0.2, 0.25) is 0 Å². The Morgan fingerprint density at radius 1 is 1.12 bits per heavy atom. The van der Waals surface area contributed by atoms with E-state index in [0.717, 1.165) is 16.9 Å². The normalized spacial score (nSPS) is 11.1. The number of para-hydroxylation sites is 1. The number of pyridine rings is 1. The van der Waals surface area contributed by atoms with Crippen LogP contribution < -0.4 is 10.0 Å². The molecule has 0 aliphatic carbocycles. The zero-order valence-corrected chi connectivity index (χ0v) is 16.6. The van der Waals surface area contributed by atoms with Crippen molar-refractivity contribution >= 4 is 48.9 Å². The second-order valence-corrected chi connectivity index (χ2v) is 9.63. The third kappa shape index (κ3) is 4.48. The predicted octanol–water partition coefficient (Wildman–Crippen LogP) is 3.64. The third-order valence-electron chi connectivity index (χ3n) is 3.41. The van der Waals surface area contributed by atoms with Gasteiger partial charge in [-0.2, -0.15) is 0 Å². The number of amides is 1. The maximum atomic E-state index is 12.5. The van der Waals surface area contributed by atoms with Crippen LogP contribution in [0, 0.1) is 0 Å². The van der Waals surface area contributed by atoms with Gasteiger partial charge in [-0.25, -0.2) is 8.42 Å². The number of nitrogens with one attached hydrogen (secondary N) is 2. The number of carbonyl (C=O) groups excluding carboxylic acids is 1. The smallest absolute Gasteiger partial charge is 0.271 e. The molecule has 3 aromatic rings. The summed E-state index contributed by atoms with van der Waals surface area (Å²) >= 11 is 4.34. The molecule has 3 rings (SSSR count). The Bertz CT molecular complexity index is 1020. The number of carbonyl (C=O) groups is 1. The van der Waals surface area contributed by atoms with E-state index in [1.54, 1.807) is 48.8 Å². The van der Waals surface area contributed by atoms with Crippen molar-refractivity contribution in [2.45, 2.75) is 10.8 Å². The molecule has 0 radical (unpaired) electrons. The third-order valence-corrected chi connectivity index (χ3v) is 6.89. The van der Waals surface area contributed by atoms with Crippen LogP contribution in [0.4, 0.5) is 5.69 Å². The lowest BCUT2D eigenvalue weighted by Gasteiger charge is -2.12. The summed E-state index contributed by atoms with van der Waals surface area (Å²) in [5, 5.41) is 2.77. The zero-order chi connectivity index (χ0) is 18.6. The largest absolute Gasteiger partial charge is 0.348 e. The number of sulfonamides is 1. The van der Waals surface area contributed by atoms with E-state index in [1.165, 1.54) is 6.07 Å². The fourth-order valence-corrected chi connectivity index (χ4v) is 5.28. The SMILES string of the molecule is O=C(NCc1cccnc1)c1ccccc1NS(=O)(=O)c1ccc(Br)s1. The van der Waals surface area contributed by atoms with E-state index >= 15 is 0 Å². The van der Waals surface area contributed by atoms with Gasteiger partial charge >= 0.3 is 0 Å². The van der Waals surface area contributed by atoms with Gasteiger partial charge in [0.1, 0.15) is 4.21 Å². The van der Waals surface area contributed by atoms with Crippen molar-refractivity contribution in [1.82, 2.24) is 10.3 Å². The van der Waals surface area contributed by atoms with E-state index in [9.17, 15) is 13.2 Å². The molecule has 2 aromatic heterocycles. The minimum absolute atomic E-state index is 0.162. The molecule has 0 atom stereocenters. The molecule has 0 spiro atoms. The fraction of sp³-hybridized carbons (Fsp3) is 0.0588. The average molecular weight is 452 g/mol. The molecule has 0 fully saturated rings. The molecular formula is C17H14BrN3O3S2. The number of hydrogen-bond acceptors (Lipinski definition) is 5. The highest BCUT2D eigenvalue weighted by Crippen LogP contribution is 2.28. The summed E-state index contributed by atoms with van der Waals surface area (Å²) in [4.78, 5) is 16.5. The first-order valence-electron chi connectivity index (χ1n) is 7.50. The predicted molar refractivity (Wildman–Crippen MR) is 105 cm³/mol. The first-order chi connectivity index (χ1) is 12.5. The second-order valence-electron chi connectivity index (χ2n) is 5.25. The van der Waals surface area contributed by atoms with E-state index in [-0.39, 0.29) is 21.4 Å². The molecule has 134 valence electrons. The van der Waals surface area contributed by atoms with E-state index in [4.69, 9.17) is 0 Å². The van der Waals surface area contributed by atoms with Crippen molar-refractivity contribution in [1.29, 1.82) is 0 Å². The monoisotopic (exact) mass is 451 g/mol. The molecule has 1 aromatic carbocycles. The van der Waals surface area contributed by atoms with Gasteiger partial charge < -0.3 is 5.32 Å². The molecule has 9 heteroatoms. The summed E-state index contributed by atoms with van der Waals surface area (Å²) in [5.41, 5.74) is 1.32. The molecule has 0 unspecified atom stereocenters. The first-order valence-corrected chi connectivity index (χ1v) is 10.6.